The van der Waals surface area contributed by atoms with Crippen LogP contribution in [-0.2, 0) is 18.3 Å². The second-order valence-electron chi connectivity index (χ2n) is 12.5. The molecule has 0 radical (unpaired) electrons. The second kappa shape index (κ2) is 8.92. The summed E-state index contributed by atoms with van der Waals surface area (Å²) in [4.78, 5) is 24.6. The Balaban J connectivity index is 1.11. The van der Waals surface area contributed by atoms with Gasteiger partial charge in [-0.15, -0.1) is 0 Å². The molecule has 214 valence electrons. The number of benzene rings is 2. The number of H-pyrrole nitrogens is 1. The van der Waals surface area contributed by atoms with E-state index in [1.807, 2.05) is 17.0 Å². The van der Waals surface area contributed by atoms with Gasteiger partial charge in [-0.25, -0.2) is 0 Å². The molecule has 2 saturated heterocycles. The largest absolute Gasteiger partial charge is 0.497 e. The van der Waals surface area contributed by atoms with Crippen molar-refractivity contribution in [3.63, 3.8) is 0 Å². The van der Waals surface area contributed by atoms with Gasteiger partial charge in [-0.05, 0) is 92.7 Å². The summed E-state index contributed by atoms with van der Waals surface area (Å²) in [6.45, 7) is 6.18. The van der Waals surface area contributed by atoms with Crippen LogP contribution in [-0.4, -0.2) is 80.7 Å². The van der Waals surface area contributed by atoms with E-state index in [4.69, 9.17) is 14.2 Å². The van der Waals surface area contributed by atoms with Gasteiger partial charge in [0.1, 0.15) is 17.5 Å². The zero-order valence-electron chi connectivity index (χ0n) is 24.3. The number of nitrogens with one attached hydrogen (secondary N) is 1. The minimum absolute atomic E-state index is 0.0801. The number of fused-ring (bicyclic) bond motifs is 2. The molecule has 8 rings (SSSR count). The van der Waals surface area contributed by atoms with Crippen LogP contribution < -0.4 is 19.1 Å². The summed E-state index contributed by atoms with van der Waals surface area (Å²) in [6, 6.07) is 13.0. The molecule has 4 atom stereocenters. The van der Waals surface area contributed by atoms with Crippen LogP contribution in [0.3, 0.4) is 0 Å². The molecule has 2 aromatic carbocycles. The standard InChI is InChI=1S/C33H38N4O4/c1-19-23-18-24-25-17-20-5-10-26(40-4)30-27(20)33(24,11-12-35(25)2)31(41-30)29(23)34-28(19)32(38)37-15-13-36(14-16-37)21-6-8-22(39-3)9-7-21/h5-10,24-25,31,34H,11-18H2,1-4H3/t24?,25-,31-,33-/m0/s1. The zero-order chi connectivity index (χ0) is 28.0. The third-order valence-electron chi connectivity index (χ3n) is 10.9. The van der Waals surface area contributed by atoms with Gasteiger partial charge in [0.05, 0.1) is 19.9 Å². The summed E-state index contributed by atoms with van der Waals surface area (Å²) in [5.41, 5.74) is 8.07. The van der Waals surface area contributed by atoms with Crippen LogP contribution in [0.15, 0.2) is 36.4 Å². The minimum atomic E-state index is -0.120. The van der Waals surface area contributed by atoms with E-state index in [-0.39, 0.29) is 17.4 Å². The van der Waals surface area contributed by atoms with Gasteiger partial charge in [0.25, 0.3) is 5.91 Å². The first-order valence-electron chi connectivity index (χ1n) is 14.9. The number of piperidine rings is 1. The predicted octanol–water partition coefficient (Wildman–Crippen LogP) is 4.11. The summed E-state index contributed by atoms with van der Waals surface area (Å²) < 4.78 is 18.0. The number of rotatable bonds is 4. The Kier molecular flexibility index (Phi) is 5.46. The van der Waals surface area contributed by atoms with Crippen LogP contribution in [0.2, 0.25) is 0 Å². The number of hydrogen-bond donors (Lipinski definition) is 1. The molecule has 41 heavy (non-hydrogen) atoms. The quantitative estimate of drug-likeness (QED) is 0.524. The van der Waals surface area contributed by atoms with Gasteiger partial charge in [0.15, 0.2) is 11.5 Å². The minimum Gasteiger partial charge on any atom is -0.497 e. The van der Waals surface area contributed by atoms with Crippen LogP contribution >= 0.6 is 0 Å². The van der Waals surface area contributed by atoms with Crippen LogP contribution in [0.1, 0.15) is 51.0 Å². The van der Waals surface area contributed by atoms with Gasteiger partial charge < -0.3 is 33.9 Å². The highest BCUT2D eigenvalue weighted by atomic mass is 16.5. The van der Waals surface area contributed by atoms with Gasteiger partial charge in [-0.1, -0.05) is 6.07 Å². The fourth-order valence-electron chi connectivity index (χ4n) is 8.77. The summed E-state index contributed by atoms with van der Waals surface area (Å²) >= 11 is 0. The first kappa shape index (κ1) is 25.1. The monoisotopic (exact) mass is 554 g/mol. The summed E-state index contributed by atoms with van der Waals surface area (Å²) in [5.74, 6) is 3.14. The molecule has 3 aliphatic heterocycles. The molecule has 1 N–H and O–H groups in total. The van der Waals surface area contributed by atoms with Gasteiger partial charge in [-0.2, -0.15) is 0 Å². The number of nitrogens with zero attached hydrogens (tertiary/aromatic N) is 3. The lowest BCUT2D eigenvalue weighted by Gasteiger charge is -2.57. The van der Waals surface area contributed by atoms with Crippen molar-refractivity contribution in [2.24, 2.45) is 5.92 Å². The topological polar surface area (TPSA) is 70.3 Å². The molecule has 1 unspecified atom stereocenters. The fourth-order valence-corrected chi connectivity index (χ4v) is 8.77. The number of hydrogen-bond acceptors (Lipinski definition) is 6. The predicted molar refractivity (Wildman–Crippen MR) is 157 cm³/mol. The van der Waals surface area contributed by atoms with Crippen molar-refractivity contribution < 1.29 is 19.0 Å². The maximum atomic E-state index is 14.0. The smallest absolute Gasteiger partial charge is 0.270 e. The molecule has 8 heteroatoms. The number of aromatic amines is 1. The number of anilines is 1. The molecule has 0 saturated carbocycles. The Morgan fingerprint density at radius 2 is 1.78 bits per heavy atom. The second-order valence-corrected chi connectivity index (χ2v) is 12.5. The highest BCUT2D eigenvalue weighted by Crippen LogP contribution is 2.67. The SMILES string of the molecule is COc1ccc(N2CCN(C(=O)c3[nH]c4c(c3C)CC3[C@@H]5Cc6ccc(OC)c7c6[C@@]3(CCN5C)[C@H]4O7)CC2)cc1. The lowest BCUT2D eigenvalue weighted by Crippen LogP contribution is -2.62. The average Bonchev–Trinajstić information content (AvgIpc) is 3.53. The van der Waals surface area contributed by atoms with E-state index >= 15 is 0 Å². The lowest BCUT2D eigenvalue weighted by atomic mass is 9.51. The van der Waals surface area contributed by atoms with E-state index in [0.717, 1.165) is 78.8 Å². The first-order valence-corrected chi connectivity index (χ1v) is 14.9. The van der Waals surface area contributed by atoms with Crippen LogP contribution in [0.5, 0.6) is 17.2 Å². The molecular formula is C33H38N4O4. The molecule has 5 aliphatic rings. The van der Waals surface area contributed by atoms with Gasteiger partial charge >= 0.3 is 0 Å². The number of piperazine rings is 1. The Morgan fingerprint density at radius 1 is 1.00 bits per heavy atom. The molecule has 2 fully saturated rings. The molecular weight excluding hydrogens is 516 g/mol. The van der Waals surface area contributed by atoms with Gasteiger partial charge in [0.2, 0.25) is 0 Å². The Bertz CT molecular complexity index is 1540. The van der Waals surface area contributed by atoms with Gasteiger partial charge in [0, 0.05) is 48.9 Å². The van der Waals surface area contributed by atoms with Crippen molar-refractivity contribution in [1.82, 2.24) is 14.8 Å². The molecule has 1 amide bonds. The highest BCUT2D eigenvalue weighted by molar-refractivity contribution is 5.95. The molecule has 1 spiro atoms. The van der Waals surface area contributed by atoms with Gasteiger partial charge in [-0.3, -0.25) is 4.79 Å². The third kappa shape index (κ3) is 3.34. The molecule has 8 nitrogen and oxygen atoms in total. The zero-order valence-corrected chi connectivity index (χ0v) is 24.3. The molecule has 2 aliphatic carbocycles. The first-order chi connectivity index (χ1) is 19.9. The van der Waals surface area contributed by atoms with E-state index < -0.39 is 0 Å². The number of ether oxygens (including phenoxy) is 3. The van der Waals surface area contributed by atoms with Crippen LogP contribution in [0.4, 0.5) is 5.69 Å². The molecule has 4 heterocycles. The molecule has 1 aromatic heterocycles. The summed E-state index contributed by atoms with van der Waals surface area (Å²) in [6.07, 6.45) is 2.94. The normalized spacial score (nSPS) is 27.7. The van der Waals surface area contributed by atoms with Crippen molar-refractivity contribution in [3.05, 3.63) is 70.0 Å². The van der Waals surface area contributed by atoms with Crippen molar-refractivity contribution in [1.29, 1.82) is 0 Å². The Labute approximate surface area is 241 Å². The number of likely N-dealkylation sites (N-methyl/N-ethyl adjacent to an activating group) is 1. The van der Waals surface area contributed by atoms with E-state index in [9.17, 15) is 4.79 Å². The highest BCUT2D eigenvalue weighted by Gasteiger charge is 2.65. The third-order valence-corrected chi connectivity index (χ3v) is 10.9. The number of carbonyl (C=O) groups excluding carboxylic acids is 1. The van der Waals surface area contributed by atoms with Crippen molar-refractivity contribution in [2.75, 3.05) is 58.9 Å². The van der Waals surface area contributed by atoms with Crippen LogP contribution in [0, 0.1) is 12.8 Å². The van der Waals surface area contributed by atoms with E-state index in [0.29, 0.717) is 25.0 Å². The maximum absolute atomic E-state index is 14.0. The summed E-state index contributed by atoms with van der Waals surface area (Å²) in [5, 5.41) is 0. The Hall–Kier alpha value is -3.65. The van der Waals surface area contributed by atoms with E-state index in [1.165, 1.54) is 16.7 Å². The maximum Gasteiger partial charge on any atom is 0.270 e. The lowest BCUT2D eigenvalue weighted by molar-refractivity contribution is -0.0256. The Morgan fingerprint density at radius 3 is 2.51 bits per heavy atom. The molecule has 2 bridgehead atoms. The number of aromatic nitrogens is 1. The number of carbonyl (C=O) groups is 1. The average molecular weight is 555 g/mol. The molecule has 3 aromatic rings. The van der Waals surface area contributed by atoms with Crippen molar-refractivity contribution in [3.8, 4) is 17.2 Å². The number of likely N-dealkylation sites (tertiary alicyclic amines) is 1. The fraction of sp³-hybridized carbons (Fsp3) is 0.485. The van der Waals surface area contributed by atoms with E-state index in [2.05, 4.69) is 53.0 Å². The van der Waals surface area contributed by atoms with Crippen molar-refractivity contribution in [2.45, 2.75) is 43.7 Å². The summed E-state index contributed by atoms with van der Waals surface area (Å²) in [7, 11) is 5.69. The number of amides is 1. The van der Waals surface area contributed by atoms with Crippen molar-refractivity contribution >= 4 is 11.6 Å². The van der Waals surface area contributed by atoms with E-state index in [1.54, 1.807) is 14.2 Å². The number of methoxy groups -OCH3 is 2. The van der Waals surface area contributed by atoms with Crippen LogP contribution in [0.25, 0.3) is 0 Å².